The molecule has 0 bridgehead atoms. The van der Waals surface area contributed by atoms with Crippen LogP contribution in [0.1, 0.15) is 16.7 Å². The van der Waals surface area contributed by atoms with Gasteiger partial charge >= 0.3 is 0 Å². The lowest BCUT2D eigenvalue weighted by Gasteiger charge is -2.09. The summed E-state index contributed by atoms with van der Waals surface area (Å²) in [6.45, 7) is 2.19. The fourth-order valence-corrected chi connectivity index (χ4v) is 2.49. The molecular weight excluding hydrogens is 240 g/mol. The molecule has 0 amide bonds. The third-order valence-corrected chi connectivity index (χ3v) is 3.69. The van der Waals surface area contributed by atoms with E-state index < -0.39 is 0 Å². The topological polar surface area (TPSA) is 0 Å². The molecule has 0 heteroatoms. The van der Waals surface area contributed by atoms with Crippen molar-refractivity contribution in [1.82, 2.24) is 0 Å². The molecule has 0 spiro atoms. The van der Waals surface area contributed by atoms with Gasteiger partial charge < -0.3 is 0 Å². The average Bonchev–Trinajstić information content (AvgIpc) is 2.51. The van der Waals surface area contributed by atoms with Crippen molar-refractivity contribution in [3.63, 3.8) is 0 Å². The molecule has 0 atom stereocenters. The highest BCUT2D eigenvalue weighted by Crippen LogP contribution is 2.23. The lowest BCUT2D eigenvalue weighted by molar-refractivity contribution is 1.16. The van der Waals surface area contributed by atoms with Crippen LogP contribution in [0.4, 0.5) is 0 Å². The van der Waals surface area contributed by atoms with E-state index in [0.717, 1.165) is 6.42 Å². The maximum Gasteiger partial charge on any atom is -0.00229 e. The molecule has 3 aromatic carbocycles. The van der Waals surface area contributed by atoms with Gasteiger partial charge in [0.15, 0.2) is 0 Å². The van der Waals surface area contributed by atoms with Gasteiger partial charge in [-0.2, -0.15) is 0 Å². The Balaban J connectivity index is 1.95. The Kier molecular flexibility index (Phi) is 3.64. The molecule has 0 fully saturated rings. The second kappa shape index (κ2) is 5.75. The van der Waals surface area contributed by atoms with Crippen molar-refractivity contribution < 1.29 is 0 Å². The van der Waals surface area contributed by atoms with Crippen LogP contribution in [-0.2, 0) is 6.42 Å². The first-order valence-corrected chi connectivity index (χ1v) is 7.02. The van der Waals surface area contributed by atoms with Crippen molar-refractivity contribution in [3.05, 3.63) is 95.6 Å². The van der Waals surface area contributed by atoms with Gasteiger partial charge in [-0.15, -0.1) is 0 Å². The van der Waals surface area contributed by atoms with Crippen molar-refractivity contribution in [3.8, 4) is 11.1 Å². The summed E-state index contributed by atoms with van der Waals surface area (Å²) in [4.78, 5) is 0. The predicted octanol–water partition coefficient (Wildman–Crippen LogP) is 5.25. The van der Waals surface area contributed by atoms with E-state index in [0.29, 0.717) is 0 Å². The van der Waals surface area contributed by atoms with Crippen molar-refractivity contribution in [2.45, 2.75) is 13.3 Å². The molecule has 0 heterocycles. The van der Waals surface area contributed by atoms with E-state index in [1.165, 1.54) is 27.8 Å². The third-order valence-electron chi connectivity index (χ3n) is 3.69. The molecule has 20 heavy (non-hydrogen) atoms. The minimum absolute atomic E-state index is 0.993. The fourth-order valence-electron chi connectivity index (χ4n) is 2.49. The molecule has 0 aliphatic carbocycles. The molecule has 0 aromatic heterocycles. The van der Waals surface area contributed by atoms with E-state index in [1.54, 1.807) is 0 Å². The lowest BCUT2D eigenvalue weighted by atomic mass is 9.95. The van der Waals surface area contributed by atoms with Crippen molar-refractivity contribution in [2.75, 3.05) is 0 Å². The first-order chi connectivity index (χ1) is 9.83. The maximum atomic E-state index is 2.32. The van der Waals surface area contributed by atoms with Crippen molar-refractivity contribution in [2.24, 2.45) is 0 Å². The SMILES string of the molecule is Cc1ccc(-c2ccccc2)cc1Cc1ccccc1. The zero-order valence-electron chi connectivity index (χ0n) is 11.7. The largest absolute Gasteiger partial charge is 0.0622 e. The normalized spacial score (nSPS) is 10.4. The Hall–Kier alpha value is -2.34. The predicted molar refractivity (Wildman–Crippen MR) is 85.9 cm³/mol. The van der Waals surface area contributed by atoms with Gasteiger partial charge in [0.1, 0.15) is 0 Å². The molecular formula is C20H18. The Morgan fingerprint density at radius 1 is 0.650 bits per heavy atom. The minimum Gasteiger partial charge on any atom is -0.0622 e. The van der Waals surface area contributed by atoms with Crippen LogP contribution in [0.2, 0.25) is 0 Å². The van der Waals surface area contributed by atoms with Gasteiger partial charge in [-0.1, -0.05) is 78.9 Å². The second-order valence-corrected chi connectivity index (χ2v) is 5.17. The van der Waals surface area contributed by atoms with Crippen LogP contribution in [0.15, 0.2) is 78.9 Å². The first-order valence-electron chi connectivity index (χ1n) is 7.02. The van der Waals surface area contributed by atoms with E-state index >= 15 is 0 Å². The molecule has 0 radical (unpaired) electrons. The highest BCUT2D eigenvalue weighted by atomic mass is 14.1. The number of aryl methyl sites for hydroxylation is 1. The van der Waals surface area contributed by atoms with Gasteiger partial charge in [-0.25, -0.2) is 0 Å². The second-order valence-electron chi connectivity index (χ2n) is 5.17. The standard InChI is InChI=1S/C20H18/c1-16-12-13-19(18-10-6-3-7-11-18)15-20(16)14-17-8-4-2-5-9-17/h2-13,15H,14H2,1H3. The smallest absolute Gasteiger partial charge is 0.00229 e. The summed E-state index contributed by atoms with van der Waals surface area (Å²) in [7, 11) is 0. The Morgan fingerprint density at radius 2 is 1.30 bits per heavy atom. The van der Waals surface area contributed by atoms with Gasteiger partial charge in [-0.3, -0.25) is 0 Å². The fraction of sp³-hybridized carbons (Fsp3) is 0.100. The van der Waals surface area contributed by atoms with Gasteiger partial charge in [0.2, 0.25) is 0 Å². The summed E-state index contributed by atoms with van der Waals surface area (Å²) >= 11 is 0. The van der Waals surface area contributed by atoms with Crippen LogP contribution < -0.4 is 0 Å². The minimum atomic E-state index is 0.993. The molecule has 3 rings (SSSR count). The van der Waals surface area contributed by atoms with E-state index in [-0.39, 0.29) is 0 Å². The molecule has 3 aromatic rings. The number of rotatable bonds is 3. The average molecular weight is 258 g/mol. The molecule has 0 nitrogen and oxygen atoms in total. The van der Waals surface area contributed by atoms with Crippen molar-refractivity contribution >= 4 is 0 Å². The summed E-state index contributed by atoms with van der Waals surface area (Å²) < 4.78 is 0. The quantitative estimate of drug-likeness (QED) is 0.601. The molecule has 0 unspecified atom stereocenters. The van der Waals surface area contributed by atoms with E-state index in [1.807, 2.05) is 0 Å². The Morgan fingerprint density at radius 3 is 2.00 bits per heavy atom. The first kappa shape index (κ1) is 12.7. The van der Waals surface area contributed by atoms with Crippen molar-refractivity contribution in [1.29, 1.82) is 0 Å². The number of hydrogen-bond acceptors (Lipinski definition) is 0. The van der Waals surface area contributed by atoms with Crippen LogP contribution in [0.25, 0.3) is 11.1 Å². The van der Waals surface area contributed by atoms with Crippen LogP contribution >= 0.6 is 0 Å². The van der Waals surface area contributed by atoms with Crippen LogP contribution in [0, 0.1) is 6.92 Å². The van der Waals surface area contributed by atoms with Crippen LogP contribution in [0.5, 0.6) is 0 Å². The maximum absolute atomic E-state index is 2.32. The number of benzene rings is 3. The van der Waals surface area contributed by atoms with Gasteiger partial charge in [-0.05, 0) is 41.2 Å². The Labute approximate surface area is 120 Å². The highest BCUT2D eigenvalue weighted by Gasteiger charge is 2.03. The molecule has 0 saturated heterocycles. The third kappa shape index (κ3) is 2.80. The molecule has 0 saturated carbocycles. The monoisotopic (exact) mass is 258 g/mol. The van der Waals surface area contributed by atoms with Gasteiger partial charge in [0.05, 0.1) is 0 Å². The highest BCUT2D eigenvalue weighted by molar-refractivity contribution is 5.65. The summed E-state index contributed by atoms with van der Waals surface area (Å²) in [5.41, 5.74) is 6.69. The summed E-state index contributed by atoms with van der Waals surface area (Å²) in [6.07, 6.45) is 0.993. The van der Waals surface area contributed by atoms with E-state index in [9.17, 15) is 0 Å². The van der Waals surface area contributed by atoms with E-state index in [4.69, 9.17) is 0 Å². The molecule has 0 aliphatic rings. The van der Waals surface area contributed by atoms with Crippen LogP contribution in [-0.4, -0.2) is 0 Å². The zero-order valence-corrected chi connectivity index (χ0v) is 11.7. The summed E-state index contributed by atoms with van der Waals surface area (Å²) in [6, 6.07) is 28.0. The van der Waals surface area contributed by atoms with Gasteiger partial charge in [0.25, 0.3) is 0 Å². The lowest BCUT2D eigenvalue weighted by Crippen LogP contribution is -1.92. The number of hydrogen-bond donors (Lipinski definition) is 0. The molecule has 0 aliphatic heterocycles. The molecule has 98 valence electrons. The Bertz CT molecular complexity index is 682. The molecule has 0 N–H and O–H groups in total. The van der Waals surface area contributed by atoms with Crippen LogP contribution in [0.3, 0.4) is 0 Å². The zero-order chi connectivity index (χ0) is 13.8. The van der Waals surface area contributed by atoms with Gasteiger partial charge in [0, 0.05) is 0 Å². The summed E-state index contributed by atoms with van der Waals surface area (Å²) in [5, 5.41) is 0. The summed E-state index contributed by atoms with van der Waals surface area (Å²) in [5.74, 6) is 0. The van der Waals surface area contributed by atoms with E-state index in [2.05, 4.69) is 85.8 Å².